The number of aryl methyl sites for hydroxylation is 2. The van der Waals surface area contributed by atoms with Gasteiger partial charge in [0.2, 0.25) is 0 Å². The zero-order chi connectivity index (χ0) is 30.2. The average Bonchev–Trinajstić information content (AvgIpc) is 3.45. The summed E-state index contributed by atoms with van der Waals surface area (Å²) in [7, 11) is 1.60. The quantitative estimate of drug-likeness (QED) is 0.281. The molecule has 3 aromatic carbocycles. The number of anilines is 1. The van der Waals surface area contributed by atoms with Crippen molar-refractivity contribution in [1.82, 2.24) is 9.13 Å². The van der Waals surface area contributed by atoms with Crippen LogP contribution in [0.1, 0.15) is 41.0 Å². The SMILES string of the molecule is COc1cccc([C@H]2C(C(=O)Nc3ccccc3)=C(C)N=c3s/c(=C/c4cc(C)n(-c5cccc(C)c5)c4C)c(=O)n32)c1. The second kappa shape index (κ2) is 11.4. The Morgan fingerprint density at radius 2 is 1.72 bits per heavy atom. The molecule has 7 nitrogen and oxygen atoms in total. The number of methoxy groups -OCH3 is 1. The number of carbonyl (C=O) groups is 1. The summed E-state index contributed by atoms with van der Waals surface area (Å²) in [5.41, 5.74) is 7.54. The van der Waals surface area contributed by atoms with Crippen LogP contribution in [0.15, 0.2) is 106 Å². The van der Waals surface area contributed by atoms with Gasteiger partial charge in [0.1, 0.15) is 5.75 Å². The maximum Gasteiger partial charge on any atom is 0.271 e. The monoisotopic (exact) mass is 588 g/mol. The van der Waals surface area contributed by atoms with Crippen molar-refractivity contribution in [3.8, 4) is 11.4 Å². The number of carbonyl (C=O) groups excluding carboxylic acids is 1. The first-order valence-electron chi connectivity index (χ1n) is 14.0. The minimum atomic E-state index is -0.683. The summed E-state index contributed by atoms with van der Waals surface area (Å²) in [6, 6.07) is 26.5. The molecule has 216 valence electrons. The standard InChI is InChI=1S/C35H32N4O3S/c1-21-11-9-15-28(17-21)38-22(2)18-26(24(38)4)20-30-34(41)39-32(25-12-10-16-29(19-25)42-5)31(23(3)36-35(39)43-30)33(40)37-27-13-7-6-8-14-27/h6-20,32H,1-5H3,(H,37,40)/b30-20+/t32-/m0/s1. The lowest BCUT2D eigenvalue weighted by Gasteiger charge is -2.25. The van der Waals surface area contributed by atoms with E-state index in [-0.39, 0.29) is 11.5 Å². The van der Waals surface area contributed by atoms with Gasteiger partial charge in [0.15, 0.2) is 4.80 Å². The summed E-state index contributed by atoms with van der Waals surface area (Å²) in [4.78, 5) is 33.3. The van der Waals surface area contributed by atoms with Crippen LogP contribution < -0.4 is 24.9 Å². The van der Waals surface area contributed by atoms with Crippen LogP contribution in [0.3, 0.4) is 0 Å². The van der Waals surface area contributed by atoms with Gasteiger partial charge in [-0.2, -0.15) is 0 Å². The molecule has 0 radical (unpaired) electrons. The number of nitrogens with one attached hydrogen (secondary N) is 1. The molecule has 0 spiro atoms. The molecule has 0 bridgehead atoms. The molecule has 8 heteroatoms. The summed E-state index contributed by atoms with van der Waals surface area (Å²) < 4.78 is 9.89. The Morgan fingerprint density at radius 1 is 0.953 bits per heavy atom. The van der Waals surface area contributed by atoms with Gasteiger partial charge in [0.05, 0.1) is 29.0 Å². The lowest BCUT2D eigenvalue weighted by atomic mass is 9.95. The summed E-state index contributed by atoms with van der Waals surface area (Å²) in [5.74, 6) is 0.330. The minimum Gasteiger partial charge on any atom is -0.497 e. The maximum absolute atomic E-state index is 14.2. The van der Waals surface area contributed by atoms with E-state index in [1.165, 1.54) is 16.9 Å². The molecule has 1 aliphatic rings. The Balaban J connectivity index is 1.50. The number of benzene rings is 3. The van der Waals surface area contributed by atoms with Crippen LogP contribution in [0.5, 0.6) is 5.75 Å². The molecular weight excluding hydrogens is 556 g/mol. The zero-order valence-corrected chi connectivity index (χ0v) is 25.5. The fourth-order valence-electron chi connectivity index (χ4n) is 5.70. The van der Waals surface area contributed by atoms with E-state index in [4.69, 9.17) is 9.73 Å². The van der Waals surface area contributed by atoms with Gasteiger partial charge >= 0.3 is 0 Å². The molecule has 1 aliphatic heterocycles. The Bertz CT molecular complexity index is 2080. The normalized spacial score (nSPS) is 14.8. The van der Waals surface area contributed by atoms with E-state index < -0.39 is 6.04 Å². The van der Waals surface area contributed by atoms with Gasteiger partial charge in [-0.3, -0.25) is 14.2 Å². The highest BCUT2D eigenvalue weighted by Gasteiger charge is 2.33. The molecule has 1 N–H and O–H groups in total. The lowest BCUT2D eigenvalue weighted by molar-refractivity contribution is -0.113. The zero-order valence-electron chi connectivity index (χ0n) is 24.7. The van der Waals surface area contributed by atoms with E-state index in [9.17, 15) is 9.59 Å². The number of aromatic nitrogens is 2. The van der Waals surface area contributed by atoms with Crippen LogP contribution in [-0.4, -0.2) is 22.2 Å². The molecule has 1 amide bonds. The first-order chi connectivity index (χ1) is 20.7. The van der Waals surface area contributed by atoms with Gasteiger partial charge in [-0.15, -0.1) is 0 Å². The number of amides is 1. The highest BCUT2D eigenvalue weighted by molar-refractivity contribution is 7.07. The van der Waals surface area contributed by atoms with Crippen molar-refractivity contribution < 1.29 is 9.53 Å². The van der Waals surface area contributed by atoms with Crippen LogP contribution in [0.2, 0.25) is 0 Å². The van der Waals surface area contributed by atoms with Gasteiger partial charge in [0, 0.05) is 22.8 Å². The topological polar surface area (TPSA) is 77.6 Å². The van der Waals surface area contributed by atoms with E-state index in [1.54, 1.807) is 11.7 Å². The molecule has 0 saturated heterocycles. The van der Waals surface area contributed by atoms with Crippen molar-refractivity contribution in [2.24, 2.45) is 4.99 Å². The van der Waals surface area contributed by atoms with Crippen molar-refractivity contribution in [3.63, 3.8) is 0 Å². The Morgan fingerprint density at radius 3 is 2.47 bits per heavy atom. The Hall–Kier alpha value is -4.95. The molecule has 2 aromatic heterocycles. The second-order valence-corrected chi connectivity index (χ2v) is 11.7. The fourth-order valence-corrected chi connectivity index (χ4v) is 6.74. The number of rotatable bonds is 6. The fraction of sp³-hybridized carbons (Fsp3) is 0.171. The smallest absolute Gasteiger partial charge is 0.271 e. The third-order valence-corrected chi connectivity index (χ3v) is 8.71. The van der Waals surface area contributed by atoms with Gasteiger partial charge in [-0.05, 0) is 92.9 Å². The Kier molecular flexibility index (Phi) is 7.46. The molecule has 3 heterocycles. The number of allylic oxidation sites excluding steroid dienone is 1. The predicted octanol–water partition coefficient (Wildman–Crippen LogP) is 5.60. The maximum atomic E-state index is 14.2. The summed E-state index contributed by atoms with van der Waals surface area (Å²) in [6.45, 7) is 8.03. The largest absolute Gasteiger partial charge is 0.497 e. The highest BCUT2D eigenvalue weighted by Crippen LogP contribution is 2.32. The average molecular weight is 589 g/mol. The molecule has 6 rings (SSSR count). The number of para-hydroxylation sites is 1. The molecule has 0 fully saturated rings. The number of hydrogen-bond donors (Lipinski definition) is 1. The first kappa shape index (κ1) is 28.2. The van der Waals surface area contributed by atoms with Gasteiger partial charge in [-0.25, -0.2) is 4.99 Å². The van der Waals surface area contributed by atoms with Crippen molar-refractivity contribution in [1.29, 1.82) is 0 Å². The first-order valence-corrected chi connectivity index (χ1v) is 14.9. The number of fused-ring (bicyclic) bond motifs is 1. The highest BCUT2D eigenvalue weighted by atomic mass is 32.1. The summed E-state index contributed by atoms with van der Waals surface area (Å²) in [6.07, 6.45) is 1.93. The number of ether oxygens (including phenoxy) is 1. The Labute approximate surface area is 253 Å². The molecule has 5 aromatic rings. The van der Waals surface area contributed by atoms with E-state index in [1.807, 2.05) is 73.7 Å². The number of thiazole rings is 1. The van der Waals surface area contributed by atoms with E-state index in [2.05, 4.69) is 54.9 Å². The minimum absolute atomic E-state index is 0.200. The van der Waals surface area contributed by atoms with Crippen LogP contribution in [0, 0.1) is 20.8 Å². The van der Waals surface area contributed by atoms with Crippen molar-refractivity contribution in [3.05, 3.63) is 144 Å². The second-order valence-electron chi connectivity index (χ2n) is 10.7. The summed E-state index contributed by atoms with van der Waals surface area (Å²) >= 11 is 1.33. The summed E-state index contributed by atoms with van der Waals surface area (Å²) in [5, 5.41) is 2.99. The van der Waals surface area contributed by atoms with Crippen LogP contribution in [-0.2, 0) is 4.79 Å². The van der Waals surface area contributed by atoms with Gasteiger partial charge in [-0.1, -0.05) is 53.8 Å². The molecule has 0 saturated carbocycles. The molecule has 0 unspecified atom stereocenters. The third kappa shape index (κ3) is 5.26. The van der Waals surface area contributed by atoms with Crippen LogP contribution >= 0.6 is 11.3 Å². The predicted molar refractivity (Wildman–Crippen MR) is 172 cm³/mol. The van der Waals surface area contributed by atoms with Gasteiger partial charge in [0.25, 0.3) is 11.5 Å². The van der Waals surface area contributed by atoms with Crippen molar-refractivity contribution in [2.45, 2.75) is 33.7 Å². The third-order valence-electron chi connectivity index (χ3n) is 7.72. The van der Waals surface area contributed by atoms with Crippen molar-refractivity contribution >= 4 is 29.0 Å². The lowest BCUT2D eigenvalue weighted by Crippen LogP contribution is -2.40. The van der Waals surface area contributed by atoms with Crippen LogP contribution in [0.25, 0.3) is 11.8 Å². The van der Waals surface area contributed by atoms with E-state index in [0.717, 1.165) is 28.2 Å². The molecule has 0 aliphatic carbocycles. The number of hydrogen-bond acceptors (Lipinski definition) is 5. The van der Waals surface area contributed by atoms with E-state index in [0.29, 0.717) is 32.0 Å². The van der Waals surface area contributed by atoms with E-state index >= 15 is 0 Å². The van der Waals surface area contributed by atoms with Crippen LogP contribution in [0.4, 0.5) is 5.69 Å². The molecule has 1 atom stereocenters. The number of nitrogens with zero attached hydrogens (tertiary/aromatic N) is 3. The van der Waals surface area contributed by atoms with Crippen molar-refractivity contribution in [2.75, 3.05) is 12.4 Å². The van der Waals surface area contributed by atoms with Gasteiger partial charge < -0.3 is 14.6 Å². The molecular formula is C35H32N4O3S. The molecule has 43 heavy (non-hydrogen) atoms.